The van der Waals surface area contributed by atoms with Gasteiger partial charge in [-0.25, -0.2) is 9.82 Å². The van der Waals surface area contributed by atoms with E-state index in [2.05, 4.69) is 34.6 Å². The van der Waals surface area contributed by atoms with Crippen molar-refractivity contribution in [2.45, 2.75) is 33.7 Å². The van der Waals surface area contributed by atoms with Crippen molar-refractivity contribution in [2.24, 2.45) is 11.0 Å². The summed E-state index contributed by atoms with van der Waals surface area (Å²) in [7, 11) is 1.58. The van der Waals surface area contributed by atoms with Gasteiger partial charge >= 0.3 is 0 Å². The number of nitrogens with one attached hydrogen (secondary N) is 2. The highest BCUT2D eigenvalue weighted by molar-refractivity contribution is 5.97. The van der Waals surface area contributed by atoms with Crippen molar-refractivity contribution < 1.29 is 18.7 Å². The van der Waals surface area contributed by atoms with Gasteiger partial charge in [0, 0.05) is 36.0 Å². The highest BCUT2D eigenvalue weighted by Crippen LogP contribution is 2.24. The van der Waals surface area contributed by atoms with Crippen LogP contribution >= 0.6 is 0 Å². The summed E-state index contributed by atoms with van der Waals surface area (Å²) in [6.45, 7) is 9.55. The van der Waals surface area contributed by atoms with E-state index in [9.17, 15) is 14.0 Å². The zero-order valence-electron chi connectivity index (χ0n) is 19.2. The van der Waals surface area contributed by atoms with E-state index >= 15 is 0 Å². The number of carbonyl (C=O) groups excluding carboxylic acids is 2. The number of hydrazone groups is 1. The Labute approximate surface area is 188 Å². The second-order valence-corrected chi connectivity index (χ2v) is 7.53. The van der Waals surface area contributed by atoms with Crippen molar-refractivity contribution >= 4 is 23.7 Å². The van der Waals surface area contributed by atoms with Crippen molar-refractivity contribution in [1.29, 1.82) is 0 Å². The minimum atomic E-state index is -0.809. The normalized spacial score (nSPS) is 12.0. The number of benzene rings is 2. The summed E-state index contributed by atoms with van der Waals surface area (Å²) in [5, 5.41) is 6.72. The van der Waals surface area contributed by atoms with Gasteiger partial charge in [0.15, 0.2) is 0 Å². The fraction of sp³-hybridized carbons (Fsp3) is 0.375. The molecule has 0 aliphatic rings. The van der Waals surface area contributed by atoms with Gasteiger partial charge in [-0.1, -0.05) is 13.8 Å². The molecule has 0 saturated carbocycles. The lowest BCUT2D eigenvalue weighted by atomic mass is 10.0. The first-order valence-electron chi connectivity index (χ1n) is 10.6. The molecule has 0 fully saturated rings. The van der Waals surface area contributed by atoms with E-state index in [1.807, 2.05) is 32.0 Å². The topological polar surface area (TPSA) is 83.0 Å². The third-order valence-electron chi connectivity index (χ3n) is 5.07. The maximum atomic E-state index is 13.1. The molecule has 2 aromatic carbocycles. The van der Waals surface area contributed by atoms with Crippen LogP contribution in [0.5, 0.6) is 5.75 Å². The number of methoxy groups -OCH3 is 1. The molecule has 1 atom stereocenters. The minimum absolute atomic E-state index is 0.183. The highest BCUT2D eigenvalue weighted by Gasteiger charge is 2.24. The number of anilines is 1. The molecule has 0 radical (unpaired) electrons. The van der Waals surface area contributed by atoms with Crippen molar-refractivity contribution in [3.8, 4) is 5.75 Å². The summed E-state index contributed by atoms with van der Waals surface area (Å²) >= 11 is 0. The monoisotopic (exact) mass is 442 g/mol. The molecule has 2 amide bonds. The smallest absolute Gasteiger partial charge is 0.262 e. The van der Waals surface area contributed by atoms with Crippen LogP contribution in [0.4, 0.5) is 10.1 Å². The van der Waals surface area contributed by atoms with Gasteiger partial charge < -0.3 is 15.0 Å². The van der Waals surface area contributed by atoms with Gasteiger partial charge in [-0.15, -0.1) is 0 Å². The fourth-order valence-electron chi connectivity index (χ4n) is 3.19. The number of nitrogens with zero attached hydrogens (tertiary/aromatic N) is 2. The quantitative estimate of drug-likeness (QED) is 0.435. The first kappa shape index (κ1) is 24.8. The van der Waals surface area contributed by atoms with Crippen LogP contribution in [0.25, 0.3) is 0 Å². The molecule has 0 aliphatic carbocycles. The molecule has 2 N–H and O–H groups in total. The van der Waals surface area contributed by atoms with E-state index in [1.165, 1.54) is 30.5 Å². The molecule has 7 nitrogen and oxygen atoms in total. The van der Waals surface area contributed by atoms with E-state index in [-0.39, 0.29) is 11.5 Å². The zero-order chi connectivity index (χ0) is 23.7. The Morgan fingerprint density at radius 2 is 1.78 bits per heavy atom. The summed E-state index contributed by atoms with van der Waals surface area (Å²) < 4.78 is 18.5. The fourth-order valence-corrected chi connectivity index (χ4v) is 3.19. The molecule has 0 aliphatic heterocycles. The first-order valence-corrected chi connectivity index (χ1v) is 10.6. The molecule has 0 spiro atoms. The van der Waals surface area contributed by atoms with E-state index in [4.69, 9.17) is 4.74 Å². The van der Waals surface area contributed by atoms with Crippen LogP contribution in [0, 0.1) is 11.7 Å². The first-order chi connectivity index (χ1) is 15.3. The Morgan fingerprint density at radius 3 is 2.34 bits per heavy atom. The van der Waals surface area contributed by atoms with Crippen LogP contribution in [0.1, 0.15) is 43.6 Å². The number of rotatable bonds is 10. The maximum Gasteiger partial charge on any atom is 0.262 e. The average molecular weight is 443 g/mol. The molecule has 0 saturated heterocycles. The lowest BCUT2D eigenvalue weighted by Gasteiger charge is -2.22. The number of halogens is 1. The van der Waals surface area contributed by atoms with Crippen LogP contribution in [-0.2, 0) is 4.79 Å². The number of carbonyl (C=O) groups is 2. The number of hydrogen-bond donors (Lipinski definition) is 2. The Hall–Kier alpha value is -3.42. The van der Waals surface area contributed by atoms with Gasteiger partial charge in [-0.3, -0.25) is 9.59 Å². The maximum absolute atomic E-state index is 13.1. The molecule has 8 heteroatoms. The molecule has 0 aromatic heterocycles. The molecule has 2 aromatic rings. The number of hydrogen-bond acceptors (Lipinski definition) is 5. The largest absolute Gasteiger partial charge is 0.496 e. The van der Waals surface area contributed by atoms with Crippen molar-refractivity contribution in [2.75, 3.05) is 25.1 Å². The van der Waals surface area contributed by atoms with Gasteiger partial charge in [0.25, 0.3) is 11.8 Å². The Balaban J connectivity index is 2.07. The molecular formula is C24H31FN4O3. The molecule has 2 rings (SSSR count). The molecule has 1 unspecified atom stereocenters. The Morgan fingerprint density at radius 1 is 1.12 bits per heavy atom. The minimum Gasteiger partial charge on any atom is -0.496 e. The van der Waals surface area contributed by atoms with Crippen LogP contribution < -0.4 is 20.4 Å². The number of ether oxygens (including phenoxy) is 1. The average Bonchev–Trinajstić information content (AvgIpc) is 2.78. The van der Waals surface area contributed by atoms with Gasteiger partial charge in [0.05, 0.1) is 13.3 Å². The summed E-state index contributed by atoms with van der Waals surface area (Å²) in [6, 6.07) is 10.1. The molecule has 172 valence electrons. The van der Waals surface area contributed by atoms with E-state index in [0.29, 0.717) is 11.3 Å². The zero-order valence-corrected chi connectivity index (χ0v) is 19.2. The van der Waals surface area contributed by atoms with E-state index in [1.54, 1.807) is 7.11 Å². The Bertz CT molecular complexity index is 941. The predicted molar refractivity (Wildman–Crippen MR) is 125 cm³/mol. The molecule has 0 heterocycles. The van der Waals surface area contributed by atoms with Gasteiger partial charge in [0.1, 0.15) is 17.6 Å². The SMILES string of the molecule is CCN(CC)c1ccc(/C=N/NC(=O)C(NC(=O)c2ccc(F)cc2)C(C)C)c(OC)c1. The second kappa shape index (κ2) is 11.8. The van der Waals surface area contributed by atoms with Crippen molar-refractivity contribution in [3.63, 3.8) is 0 Å². The van der Waals surface area contributed by atoms with Crippen molar-refractivity contribution in [1.82, 2.24) is 10.7 Å². The van der Waals surface area contributed by atoms with Crippen LogP contribution in [-0.4, -0.2) is 44.3 Å². The van der Waals surface area contributed by atoms with Gasteiger partial charge in [0.2, 0.25) is 0 Å². The summed E-state index contributed by atoms with van der Waals surface area (Å²) in [5.41, 5.74) is 4.50. The van der Waals surface area contributed by atoms with Gasteiger partial charge in [-0.05, 0) is 56.2 Å². The Kier molecular flexibility index (Phi) is 9.19. The summed E-state index contributed by atoms with van der Waals surface area (Å²) in [4.78, 5) is 27.2. The van der Waals surface area contributed by atoms with E-state index < -0.39 is 23.7 Å². The molecule has 32 heavy (non-hydrogen) atoms. The third-order valence-corrected chi connectivity index (χ3v) is 5.07. The second-order valence-electron chi connectivity index (χ2n) is 7.53. The van der Waals surface area contributed by atoms with Gasteiger partial charge in [-0.2, -0.15) is 5.10 Å². The van der Waals surface area contributed by atoms with Crippen LogP contribution in [0.3, 0.4) is 0 Å². The summed E-state index contributed by atoms with van der Waals surface area (Å²) in [6.07, 6.45) is 1.50. The molecule has 0 bridgehead atoms. The van der Waals surface area contributed by atoms with E-state index in [0.717, 1.165) is 18.8 Å². The van der Waals surface area contributed by atoms with Crippen LogP contribution in [0.15, 0.2) is 47.6 Å². The number of amides is 2. The highest BCUT2D eigenvalue weighted by atomic mass is 19.1. The molecular weight excluding hydrogens is 411 g/mol. The van der Waals surface area contributed by atoms with Crippen molar-refractivity contribution in [3.05, 3.63) is 59.4 Å². The summed E-state index contributed by atoms with van der Waals surface area (Å²) in [5.74, 6) is -0.897. The third kappa shape index (κ3) is 6.54. The lowest BCUT2D eigenvalue weighted by Crippen LogP contribution is -2.48. The predicted octanol–water partition coefficient (Wildman–Crippen LogP) is 3.59. The lowest BCUT2D eigenvalue weighted by molar-refractivity contribution is -0.123. The standard InChI is InChI=1S/C24H31FN4O3/c1-6-29(7-2)20-13-10-18(21(14-20)32-5)15-26-28-24(31)22(16(3)4)27-23(30)17-8-11-19(25)12-9-17/h8-16,22H,6-7H2,1-5H3,(H,27,30)(H,28,31)/b26-15+. The van der Waals surface area contributed by atoms with Crippen LogP contribution in [0.2, 0.25) is 0 Å².